The predicted molar refractivity (Wildman–Crippen MR) is 94.4 cm³/mol. The van der Waals surface area contributed by atoms with E-state index in [-0.39, 0.29) is 5.56 Å². The van der Waals surface area contributed by atoms with Gasteiger partial charge < -0.3 is 9.73 Å². The Morgan fingerprint density at radius 3 is 2.46 bits per heavy atom. The van der Waals surface area contributed by atoms with Crippen LogP contribution in [-0.4, -0.2) is 5.91 Å². The average Bonchev–Trinajstić information content (AvgIpc) is 2.54. The van der Waals surface area contributed by atoms with Crippen molar-refractivity contribution in [1.82, 2.24) is 5.32 Å². The summed E-state index contributed by atoms with van der Waals surface area (Å²) in [6.07, 6.45) is 0. The van der Waals surface area contributed by atoms with Crippen molar-refractivity contribution >= 4 is 28.5 Å². The van der Waals surface area contributed by atoms with E-state index in [2.05, 4.69) is 5.32 Å². The Hall–Kier alpha value is -2.59. The first-order chi connectivity index (χ1) is 11.4. The largest absolute Gasteiger partial charge is 0.422 e. The molecule has 0 aliphatic carbocycles. The summed E-state index contributed by atoms with van der Waals surface area (Å²) in [5, 5.41) is 4.19. The number of hydrogen-bond donors (Lipinski definition) is 1. The van der Waals surface area contributed by atoms with Gasteiger partial charge in [0, 0.05) is 10.4 Å². The molecular weight excluding hydrogens is 326 g/mol. The van der Waals surface area contributed by atoms with Gasteiger partial charge >= 0.3 is 5.63 Å². The number of fused-ring (bicyclic) bond motifs is 1. The third kappa shape index (κ3) is 3.19. The second kappa shape index (κ2) is 6.13. The van der Waals surface area contributed by atoms with Crippen molar-refractivity contribution in [3.05, 3.63) is 81.2 Å². The quantitative estimate of drug-likeness (QED) is 0.729. The maximum atomic E-state index is 12.6. The summed E-state index contributed by atoms with van der Waals surface area (Å²) in [5.41, 5.74) is -0.00461. The van der Waals surface area contributed by atoms with Gasteiger partial charge in [0.1, 0.15) is 11.1 Å². The smallest absolute Gasteiger partial charge is 0.349 e. The van der Waals surface area contributed by atoms with Crippen LogP contribution in [0.5, 0.6) is 0 Å². The van der Waals surface area contributed by atoms with Crippen LogP contribution < -0.4 is 10.9 Å². The summed E-state index contributed by atoms with van der Waals surface area (Å²) >= 11 is 5.90. The first-order valence-corrected chi connectivity index (χ1v) is 7.86. The summed E-state index contributed by atoms with van der Waals surface area (Å²) < 4.78 is 5.22. The lowest BCUT2D eigenvalue weighted by molar-refractivity contribution is 0.0908. The van der Waals surface area contributed by atoms with Crippen LogP contribution in [0.2, 0.25) is 5.02 Å². The van der Waals surface area contributed by atoms with Crippen molar-refractivity contribution in [1.29, 1.82) is 0 Å². The van der Waals surface area contributed by atoms with Gasteiger partial charge in [-0.1, -0.05) is 41.9 Å². The van der Waals surface area contributed by atoms with Gasteiger partial charge in [-0.2, -0.15) is 0 Å². The fourth-order valence-electron chi connectivity index (χ4n) is 2.51. The molecule has 0 fully saturated rings. The third-order valence-corrected chi connectivity index (χ3v) is 4.13. The van der Waals surface area contributed by atoms with Crippen molar-refractivity contribution < 1.29 is 9.21 Å². The van der Waals surface area contributed by atoms with E-state index in [0.29, 0.717) is 16.0 Å². The Bertz CT molecular complexity index is 958. The molecule has 0 unspecified atom stereocenters. The van der Waals surface area contributed by atoms with Gasteiger partial charge in [0.05, 0.1) is 5.54 Å². The summed E-state index contributed by atoms with van der Waals surface area (Å²) in [7, 11) is 0. The van der Waals surface area contributed by atoms with Crippen LogP contribution in [0.3, 0.4) is 0 Å². The predicted octanol–water partition coefficient (Wildman–Crippen LogP) is 4.11. The highest BCUT2D eigenvalue weighted by Crippen LogP contribution is 2.22. The molecule has 1 N–H and O–H groups in total. The maximum Gasteiger partial charge on any atom is 0.349 e. The van der Waals surface area contributed by atoms with Crippen LogP contribution in [0.1, 0.15) is 29.8 Å². The number of nitrogens with one attached hydrogen (secondary N) is 1. The molecule has 0 bridgehead atoms. The minimum atomic E-state index is -0.667. The van der Waals surface area contributed by atoms with Gasteiger partial charge in [-0.25, -0.2) is 4.79 Å². The Kier molecular flexibility index (Phi) is 4.16. The van der Waals surface area contributed by atoms with E-state index in [9.17, 15) is 9.59 Å². The minimum absolute atomic E-state index is 0.0178. The highest BCUT2D eigenvalue weighted by atomic mass is 35.5. The normalized spacial score (nSPS) is 11.5. The number of carbonyl (C=O) groups is 1. The second-order valence-corrected chi connectivity index (χ2v) is 6.51. The molecule has 3 aromatic rings. The molecule has 1 heterocycles. The summed E-state index contributed by atoms with van der Waals surface area (Å²) in [5.74, 6) is -0.477. The van der Waals surface area contributed by atoms with E-state index in [1.165, 1.54) is 0 Å². The van der Waals surface area contributed by atoms with Crippen LogP contribution in [0.4, 0.5) is 0 Å². The number of halogens is 1. The van der Waals surface area contributed by atoms with Gasteiger partial charge in [-0.3, -0.25) is 4.79 Å². The standard InChI is InChI=1S/C19H16ClNO3/c1-19(2,13-7-9-14(20)10-8-13)21-17(22)15-11-12-5-3-4-6-16(12)24-18(15)23/h3-11H,1-2H3,(H,21,22). The molecule has 24 heavy (non-hydrogen) atoms. The topological polar surface area (TPSA) is 59.3 Å². The molecular formula is C19H16ClNO3. The van der Waals surface area contributed by atoms with Crippen LogP contribution in [0.15, 0.2) is 63.8 Å². The first kappa shape index (κ1) is 16.3. The molecule has 3 rings (SSSR count). The molecule has 1 amide bonds. The molecule has 1 aromatic heterocycles. The molecule has 5 heteroatoms. The van der Waals surface area contributed by atoms with Crippen molar-refractivity contribution in [3.63, 3.8) is 0 Å². The number of para-hydroxylation sites is 1. The second-order valence-electron chi connectivity index (χ2n) is 6.07. The van der Waals surface area contributed by atoms with E-state index >= 15 is 0 Å². The Labute approximate surface area is 144 Å². The lowest BCUT2D eigenvalue weighted by Crippen LogP contribution is -2.42. The molecule has 0 spiro atoms. The number of benzene rings is 2. The highest BCUT2D eigenvalue weighted by molar-refractivity contribution is 6.30. The van der Waals surface area contributed by atoms with Crippen LogP contribution >= 0.6 is 11.6 Å². The van der Waals surface area contributed by atoms with Crippen molar-refractivity contribution in [2.24, 2.45) is 0 Å². The summed E-state index contributed by atoms with van der Waals surface area (Å²) in [6, 6.07) is 15.8. The molecule has 0 aliphatic rings. The Morgan fingerprint density at radius 1 is 1.08 bits per heavy atom. The lowest BCUT2D eigenvalue weighted by Gasteiger charge is -2.26. The molecule has 0 aliphatic heterocycles. The summed E-state index contributed by atoms with van der Waals surface area (Å²) in [6.45, 7) is 3.72. The zero-order valence-electron chi connectivity index (χ0n) is 13.3. The fraction of sp³-hybridized carbons (Fsp3) is 0.158. The highest BCUT2D eigenvalue weighted by Gasteiger charge is 2.25. The minimum Gasteiger partial charge on any atom is -0.422 e. The molecule has 122 valence electrons. The molecule has 0 saturated carbocycles. The van der Waals surface area contributed by atoms with E-state index in [1.54, 1.807) is 36.4 Å². The third-order valence-electron chi connectivity index (χ3n) is 3.88. The van der Waals surface area contributed by atoms with Crippen LogP contribution in [0, 0.1) is 0 Å². The average molecular weight is 342 g/mol. The molecule has 0 atom stereocenters. The van der Waals surface area contributed by atoms with Gasteiger partial charge in [0.25, 0.3) is 5.91 Å². The SMILES string of the molecule is CC(C)(NC(=O)c1cc2ccccc2oc1=O)c1ccc(Cl)cc1. The number of hydrogen-bond acceptors (Lipinski definition) is 3. The van der Waals surface area contributed by atoms with Gasteiger partial charge in [0.2, 0.25) is 0 Å². The monoisotopic (exact) mass is 341 g/mol. The Morgan fingerprint density at radius 2 is 1.75 bits per heavy atom. The van der Waals surface area contributed by atoms with Gasteiger partial charge in [0.15, 0.2) is 0 Å². The van der Waals surface area contributed by atoms with Gasteiger partial charge in [-0.15, -0.1) is 0 Å². The maximum absolute atomic E-state index is 12.6. The zero-order valence-corrected chi connectivity index (χ0v) is 14.1. The Balaban J connectivity index is 1.93. The first-order valence-electron chi connectivity index (χ1n) is 7.48. The molecule has 0 radical (unpaired) electrons. The lowest BCUT2D eigenvalue weighted by atomic mass is 9.94. The van der Waals surface area contributed by atoms with E-state index < -0.39 is 17.1 Å². The van der Waals surface area contributed by atoms with Crippen molar-refractivity contribution in [2.45, 2.75) is 19.4 Å². The van der Waals surface area contributed by atoms with Crippen molar-refractivity contribution in [3.8, 4) is 0 Å². The number of amides is 1. The van der Waals surface area contributed by atoms with E-state index in [4.69, 9.17) is 16.0 Å². The molecule has 0 saturated heterocycles. The van der Waals surface area contributed by atoms with E-state index in [1.807, 2.05) is 32.0 Å². The molecule has 4 nitrogen and oxygen atoms in total. The van der Waals surface area contributed by atoms with Crippen molar-refractivity contribution in [2.75, 3.05) is 0 Å². The zero-order chi connectivity index (χ0) is 17.3. The number of rotatable bonds is 3. The van der Waals surface area contributed by atoms with Gasteiger partial charge in [-0.05, 0) is 43.7 Å². The van der Waals surface area contributed by atoms with E-state index in [0.717, 1.165) is 5.56 Å². The van der Waals surface area contributed by atoms with Crippen LogP contribution in [0.25, 0.3) is 11.0 Å². The van der Waals surface area contributed by atoms with Crippen LogP contribution in [-0.2, 0) is 5.54 Å². The summed E-state index contributed by atoms with van der Waals surface area (Å²) in [4.78, 5) is 24.7. The molecule has 2 aromatic carbocycles. The number of carbonyl (C=O) groups excluding carboxylic acids is 1. The fourth-order valence-corrected chi connectivity index (χ4v) is 2.64.